The van der Waals surface area contributed by atoms with E-state index in [1.54, 1.807) is 0 Å². The lowest BCUT2D eigenvalue weighted by Crippen LogP contribution is -2.44. The molecule has 1 saturated carbocycles. The van der Waals surface area contributed by atoms with E-state index in [9.17, 15) is 8.42 Å². The average Bonchev–Trinajstić information content (AvgIpc) is 3.10. The van der Waals surface area contributed by atoms with Crippen molar-refractivity contribution in [3.63, 3.8) is 0 Å². The first-order chi connectivity index (χ1) is 9.11. The maximum absolute atomic E-state index is 11.4. The van der Waals surface area contributed by atoms with Gasteiger partial charge >= 0.3 is 0 Å². The van der Waals surface area contributed by atoms with Gasteiger partial charge in [-0.1, -0.05) is 0 Å². The number of nitrogens with zero attached hydrogens (tertiary/aromatic N) is 1. The summed E-state index contributed by atoms with van der Waals surface area (Å²) in [6, 6.07) is 0.745. The zero-order chi connectivity index (χ0) is 13.3. The summed E-state index contributed by atoms with van der Waals surface area (Å²) in [4.78, 5) is 2.24. The normalized spacial score (nSPS) is 35.6. The maximum atomic E-state index is 11.4. The van der Waals surface area contributed by atoms with Crippen LogP contribution in [0.25, 0.3) is 0 Å². The van der Waals surface area contributed by atoms with Crippen LogP contribution in [0.5, 0.6) is 0 Å². The van der Waals surface area contributed by atoms with Crippen LogP contribution in [0, 0.1) is 0 Å². The molecular weight excluding hydrogens is 264 g/mol. The lowest BCUT2D eigenvalue weighted by Gasteiger charge is -2.28. The number of rotatable bonds is 5. The highest BCUT2D eigenvalue weighted by Gasteiger charge is 2.30. The molecule has 0 radical (unpaired) electrons. The fourth-order valence-electron chi connectivity index (χ4n) is 2.87. The summed E-state index contributed by atoms with van der Waals surface area (Å²) in [7, 11) is -2.76. The van der Waals surface area contributed by atoms with Gasteiger partial charge in [-0.15, -0.1) is 0 Å². The molecule has 0 bridgehead atoms. The van der Waals surface area contributed by atoms with Crippen molar-refractivity contribution in [3.05, 3.63) is 0 Å². The lowest BCUT2D eigenvalue weighted by molar-refractivity contribution is 0.0247. The van der Waals surface area contributed by atoms with Gasteiger partial charge in [0.15, 0.2) is 9.84 Å². The van der Waals surface area contributed by atoms with Crippen LogP contribution in [0.15, 0.2) is 0 Å². The van der Waals surface area contributed by atoms with Gasteiger partial charge < -0.3 is 10.1 Å². The Labute approximate surface area is 115 Å². The van der Waals surface area contributed by atoms with E-state index in [1.807, 2.05) is 0 Å². The van der Waals surface area contributed by atoms with E-state index in [1.165, 1.54) is 12.8 Å². The molecule has 2 heterocycles. The monoisotopic (exact) mass is 288 g/mol. The Morgan fingerprint density at radius 1 is 1.05 bits per heavy atom. The van der Waals surface area contributed by atoms with Crippen LogP contribution in [-0.4, -0.2) is 69.3 Å². The third-order valence-electron chi connectivity index (χ3n) is 4.31. The van der Waals surface area contributed by atoms with Crippen LogP contribution >= 0.6 is 0 Å². The molecule has 0 aromatic heterocycles. The molecule has 0 spiro atoms. The van der Waals surface area contributed by atoms with Crippen LogP contribution in [0.4, 0.5) is 0 Å². The molecular formula is C13H24N2O3S. The molecule has 110 valence electrons. The largest absolute Gasteiger partial charge is 0.372 e. The maximum Gasteiger partial charge on any atom is 0.152 e. The first kappa shape index (κ1) is 13.8. The number of ether oxygens (including phenoxy) is 1. The molecule has 1 N–H and O–H groups in total. The van der Waals surface area contributed by atoms with Crippen molar-refractivity contribution in [2.75, 3.05) is 37.7 Å². The molecule has 6 heteroatoms. The predicted octanol–water partition coefficient (Wildman–Crippen LogP) is 0.0164. The predicted molar refractivity (Wildman–Crippen MR) is 74.0 cm³/mol. The van der Waals surface area contributed by atoms with Gasteiger partial charge in [-0.05, 0) is 25.7 Å². The molecule has 3 fully saturated rings. The summed E-state index contributed by atoms with van der Waals surface area (Å²) in [6.07, 6.45) is 5.54. The van der Waals surface area contributed by atoms with E-state index in [2.05, 4.69) is 10.2 Å². The third kappa shape index (κ3) is 4.15. The molecule has 2 atom stereocenters. The van der Waals surface area contributed by atoms with Crippen molar-refractivity contribution < 1.29 is 13.2 Å². The zero-order valence-corrected chi connectivity index (χ0v) is 12.2. The lowest BCUT2D eigenvalue weighted by atomic mass is 10.2. The van der Waals surface area contributed by atoms with E-state index in [0.29, 0.717) is 36.8 Å². The highest BCUT2D eigenvalue weighted by atomic mass is 32.2. The summed E-state index contributed by atoms with van der Waals surface area (Å²) in [5, 5.41) is 3.52. The Kier molecular flexibility index (Phi) is 4.12. The highest BCUT2D eigenvalue weighted by molar-refractivity contribution is 7.91. The van der Waals surface area contributed by atoms with Crippen LogP contribution in [0.1, 0.15) is 25.7 Å². The average molecular weight is 288 g/mol. The summed E-state index contributed by atoms with van der Waals surface area (Å²) in [6.45, 7) is 3.23. The second-order valence-corrected chi connectivity index (χ2v) is 8.40. The van der Waals surface area contributed by atoms with Gasteiger partial charge in [-0.3, -0.25) is 4.90 Å². The second kappa shape index (κ2) is 5.68. The molecule has 1 aliphatic carbocycles. The van der Waals surface area contributed by atoms with Crippen molar-refractivity contribution in [2.24, 2.45) is 0 Å². The molecule has 5 nitrogen and oxygen atoms in total. The smallest absolute Gasteiger partial charge is 0.152 e. The molecule has 2 aliphatic heterocycles. The molecule has 19 heavy (non-hydrogen) atoms. The van der Waals surface area contributed by atoms with Crippen molar-refractivity contribution in [2.45, 2.75) is 43.9 Å². The third-order valence-corrected chi connectivity index (χ3v) is 5.92. The van der Waals surface area contributed by atoms with Gasteiger partial charge in [-0.25, -0.2) is 8.42 Å². The van der Waals surface area contributed by atoms with Crippen LogP contribution in [0.3, 0.4) is 0 Å². The van der Waals surface area contributed by atoms with Crippen molar-refractivity contribution in [3.8, 4) is 0 Å². The minimum absolute atomic E-state index is 0.298. The van der Waals surface area contributed by atoms with Crippen molar-refractivity contribution in [1.82, 2.24) is 10.2 Å². The Morgan fingerprint density at radius 2 is 1.74 bits per heavy atom. The van der Waals surface area contributed by atoms with Gasteiger partial charge in [0, 0.05) is 32.2 Å². The summed E-state index contributed by atoms with van der Waals surface area (Å²) < 4.78 is 28.8. The molecule has 3 rings (SSSR count). The van der Waals surface area contributed by atoms with Gasteiger partial charge in [0.2, 0.25) is 0 Å². The number of hydrogen-bond acceptors (Lipinski definition) is 5. The van der Waals surface area contributed by atoms with E-state index < -0.39 is 9.84 Å². The molecule has 3 aliphatic rings. The number of sulfone groups is 1. The fourth-order valence-corrected chi connectivity index (χ4v) is 4.15. The Balaban J connectivity index is 1.37. The highest BCUT2D eigenvalue weighted by Crippen LogP contribution is 2.23. The summed E-state index contributed by atoms with van der Waals surface area (Å²) in [5.41, 5.74) is 0. The number of nitrogens with one attached hydrogen (secondary N) is 1. The van der Waals surface area contributed by atoms with Crippen LogP contribution in [0.2, 0.25) is 0 Å². The standard InChI is InChI=1S/C13H24N2O3S/c16-19(17)7-5-15(6-8-19)10-13-4-3-12(18-13)9-14-11-1-2-11/h11-14H,1-10H2. The van der Waals surface area contributed by atoms with E-state index in [0.717, 1.165) is 32.0 Å². The first-order valence-electron chi connectivity index (χ1n) is 7.42. The molecule has 0 aromatic rings. The van der Waals surface area contributed by atoms with Gasteiger partial charge in [0.1, 0.15) is 0 Å². The Morgan fingerprint density at radius 3 is 2.42 bits per heavy atom. The van der Waals surface area contributed by atoms with Crippen molar-refractivity contribution in [1.29, 1.82) is 0 Å². The second-order valence-electron chi connectivity index (χ2n) is 6.09. The van der Waals surface area contributed by atoms with Gasteiger partial charge in [-0.2, -0.15) is 0 Å². The van der Waals surface area contributed by atoms with Crippen molar-refractivity contribution >= 4 is 9.84 Å². The quantitative estimate of drug-likeness (QED) is 0.773. The molecule has 0 amide bonds. The zero-order valence-electron chi connectivity index (χ0n) is 11.4. The summed E-state index contributed by atoms with van der Waals surface area (Å²) in [5.74, 6) is 0.624. The van der Waals surface area contributed by atoms with E-state index in [-0.39, 0.29) is 0 Å². The SMILES string of the molecule is O=S1(=O)CCN(CC2CCC(CNC3CC3)O2)CC1. The van der Waals surface area contributed by atoms with E-state index >= 15 is 0 Å². The van der Waals surface area contributed by atoms with Crippen LogP contribution < -0.4 is 5.32 Å². The van der Waals surface area contributed by atoms with Gasteiger partial charge in [0.05, 0.1) is 23.7 Å². The Bertz CT molecular complexity index is 394. The summed E-state index contributed by atoms with van der Waals surface area (Å²) >= 11 is 0. The molecule has 2 unspecified atom stereocenters. The minimum Gasteiger partial charge on any atom is -0.372 e. The molecule has 0 aromatic carbocycles. The Hall–Kier alpha value is -0.170. The van der Waals surface area contributed by atoms with Crippen LogP contribution in [-0.2, 0) is 14.6 Å². The fraction of sp³-hybridized carbons (Fsp3) is 1.00. The minimum atomic E-state index is -2.76. The molecule has 2 saturated heterocycles. The van der Waals surface area contributed by atoms with E-state index in [4.69, 9.17) is 4.74 Å². The van der Waals surface area contributed by atoms with Gasteiger partial charge in [0.25, 0.3) is 0 Å². The topological polar surface area (TPSA) is 58.6 Å². The first-order valence-corrected chi connectivity index (χ1v) is 9.24. The number of hydrogen-bond donors (Lipinski definition) is 1.